The maximum Gasteiger partial charge on any atom is 0.270 e. The standard InChI is InChI=1S/C17H15NO4S/c1-22-16-10-12(7-9-17(16)23-2)6-8-15(19)13-4-3-5-14(11-13)18(20)21/h3-11H,1-2H3/b8-6+. The van der Waals surface area contributed by atoms with Gasteiger partial charge in [-0.15, -0.1) is 11.8 Å². The van der Waals surface area contributed by atoms with E-state index in [1.54, 1.807) is 31.0 Å². The molecule has 2 rings (SSSR count). The van der Waals surface area contributed by atoms with E-state index in [2.05, 4.69) is 0 Å². The van der Waals surface area contributed by atoms with Crippen molar-refractivity contribution in [2.45, 2.75) is 4.90 Å². The zero-order valence-corrected chi connectivity index (χ0v) is 13.5. The Labute approximate surface area is 138 Å². The van der Waals surface area contributed by atoms with Crippen molar-refractivity contribution in [3.05, 3.63) is 69.8 Å². The first-order valence-corrected chi connectivity index (χ1v) is 7.96. The molecule has 0 aliphatic rings. The lowest BCUT2D eigenvalue weighted by Crippen LogP contribution is -1.96. The third-order valence-corrected chi connectivity index (χ3v) is 3.95. The number of allylic oxidation sites excluding steroid dienone is 1. The molecule has 23 heavy (non-hydrogen) atoms. The summed E-state index contributed by atoms with van der Waals surface area (Å²) in [4.78, 5) is 23.4. The molecular formula is C17H15NO4S. The van der Waals surface area contributed by atoms with Gasteiger partial charge in [-0.25, -0.2) is 0 Å². The van der Waals surface area contributed by atoms with E-state index in [0.29, 0.717) is 0 Å². The van der Waals surface area contributed by atoms with E-state index in [4.69, 9.17) is 4.74 Å². The van der Waals surface area contributed by atoms with Gasteiger partial charge in [0.05, 0.1) is 12.0 Å². The highest BCUT2D eigenvalue weighted by Crippen LogP contribution is 2.28. The molecule has 0 bridgehead atoms. The first-order valence-electron chi connectivity index (χ1n) is 6.74. The summed E-state index contributed by atoms with van der Waals surface area (Å²) >= 11 is 1.57. The molecule has 0 heterocycles. The lowest BCUT2D eigenvalue weighted by atomic mass is 10.1. The Morgan fingerprint density at radius 1 is 1.26 bits per heavy atom. The first-order chi connectivity index (χ1) is 11.0. The number of nitrogens with zero attached hydrogens (tertiary/aromatic N) is 1. The fourth-order valence-electron chi connectivity index (χ4n) is 2.00. The van der Waals surface area contributed by atoms with Crippen molar-refractivity contribution in [2.75, 3.05) is 13.4 Å². The Morgan fingerprint density at radius 3 is 2.70 bits per heavy atom. The van der Waals surface area contributed by atoms with Gasteiger partial charge >= 0.3 is 0 Å². The lowest BCUT2D eigenvalue weighted by molar-refractivity contribution is -0.384. The summed E-state index contributed by atoms with van der Waals surface area (Å²) in [5.41, 5.74) is 0.997. The molecule has 6 heteroatoms. The monoisotopic (exact) mass is 329 g/mol. The Hall–Kier alpha value is -2.60. The molecule has 2 aromatic carbocycles. The first kappa shape index (κ1) is 16.8. The maximum atomic E-state index is 12.1. The number of thioether (sulfide) groups is 1. The van der Waals surface area contributed by atoms with Crippen LogP contribution in [0.1, 0.15) is 15.9 Å². The number of rotatable bonds is 6. The third kappa shape index (κ3) is 4.20. The summed E-state index contributed by atoms with van der Waals surface area (Å²) in [6.07, 6.45) is 5.01. The van der Waals surface area contributed by atoms with Crippen LogP contribution in [-0.4, -0.2) is 24.1 Å². The van der Waals surface area contributed by atoms with Gasteiger partial charge in [-0.05, 0) is 30.0 Å². The molecule has 0 aromatic heterocycles. The number of hydrogen-bond acceptors (Lipinski definition) is 5. The van der Waals surface area contributed by atoms with Crippen molar-refractivity contribution in [1.82, 2.24) is 0 Å². The zero-order valence-electron chi connectivity index (χ0n) is 12.7. The highest BCUT2D eigenvalue weighted by molar-refractivity contribution is 7.98. The number of ether oxygens (including phenoxy) is 1. The molecule has 118 valence electrons. The minimum absolute atomic E-state index is 0.102. The predicted molar refractivity (Wildman–Crippen MR) is 91.2 cm³/mol. The number of nitro benzene ring substituents is 1. The number of non-ortho nitro benzene ring substituents is 1. The van der Waals surface area contributed by atoms with E-state index in [1.165, 1.54) is 24.3 Å². The van der Waals surface area contributed by atoms with Gasteiger partial charge < -0.3 is 4.74 Å². The van der Waals surface area contributed by atoms with Crippen LogP contribution in [0.4, 0.5) is 5.69 Å². The van der Waals surface area contributed by atoms with E-state index in [1.807, 2.05) is 24.5 Å². The van der Waals surface area contributed by atoms with E-state index in [0.717, 1.165) is 16.2 Å². The predicted octanol–water partition coefficient (Wildman–Crippen LogP) is 4.22. The van der Waals surface area contributed by atoms with E-state index >= 15 is 0 Å². The van der Waals surface area contributed by atoms with E-state index in [-0.39, 0.29) is 17.0 Å². The van der Waals surface area contributed by atoms with Crippen LogP contribution < -0.4 is 4.74 Å². The summed E-state index contributed by atoms with van der Waals surface area (Å²) in [5.74, 6) is 0.448. The molecule has 0 atom stereocenters. The summed E-state index contributed by atoms with van der Waals surface area (Å²) in [6, 6.07) is 11.3. The molecule has 0 N–H and O–H groups in total. The topological polar surface area (TPSA) is 69.4 Å². The van der Waals surface area contributed by atoms with Crippen LogP contribution in [0, 0.1) is 10.1 Å². The Balaban J connectivity index is 2.21. The normalized spacial score (nSPS) is 10.7. The number of ketones is 1. The minimum atomic E-state index is -0.521. The highest BCUT2D eigenvalue weighted by Gasteiger charge is 2.09. The van der Waals surface area contributed by atoms with Crippen molar-refractivity contribution in [2.24, 2.45) is 0 Å². The molecule has 0 amide bonds. The molecule has 0 unspecified atom stereocenters. The van der Waals surface area contributed by atoms with Gasteiger partial charge in [0, 0.05) is 22.6 Å². The second-order valence-corrected chi connectivity index (χ2v) is 5.47. The van der Waals surface area contributed by atoms with Crippen LogP contribution in [0.3, 0.4) is 0 Å². The minimum Gasteiger partial charge on any atom is -0.496 e. The average Bonchev–Trinajstić information content (AvgIpc) is 2.59. The summed E-state index contributed by atoms with van der Waals surface area (Å²) in [5, 5.41) is 10.7. The Morgan fingerprint density at radius 2 is 2.04 bits per heavy atom. The highest BCUT2D eigenvalue weighted by atomic mass is 32.2. The molecule has 0 aliphatic heterocycles. The van der Waals surface area contributed by atoms with Crippen LogP contribution in [0.2, 0.25) is 0 Å². The fraction of sp³-hybridized carbons (Fsp3) is 0.118. The van der Waals surface area contributed by atoms with Gasteiger partial charge in [0.15, 0.2) is 5.78 Å². The van der Waals surface area contributed by atoms with Crippen molar-refractivity contribution >= 4 is 29.3 Å². The van der Waals surface area contributed by atoms with Gasteiger partial charge in [-0.3, -0.25) is 14.9 Å². The molecule has 0 saturated heterocycles. The molecule has 0 saturated carbocycles. The van der Waals surface area contributed by atoms with Crippen LogP contribution in [0.5, 0.6) is 5.75 Å². The van der Waals surface area contributed by atoms with E-state index in [9.17, 15) is 14.9 Å². The Bertz CT molecular complexity index is 771. The molecule has 0 radical (unpaired) electrons. The molecule has 0 spiro atoms. The van der Waals surface area contributed by atoms with Crippen molar-refractivity contribution in [3.8, 4) is 5.75 Å². The fourth-order valence-corrected chi connectivity index (χ4v) is 2.54. The van der Waals surface area contributed by atoms with Gasteiger partial charge in [0.1, 0.15) is 5.75 Å². The third-order valence-electron chi connectivity index (χ3n) is 3.18. The van der Waals surface area contributed by atoms with Gasteiger partial charge in [-0.1, -0.05) is 24.3 Å². The molecule has 5 nitrogen and oxygen atoms in total. The average molecular weight is 329 g/mol. The number of hydrogen-bond donors (Lipinski definition) is 0. The number of carbonyl (C=O) groups excluding carboxylic acids is 1. The summed E-state index contributed by atoms with van der Waals surface area (Å²) < 4.78 is 5.30. The smallest absolute Gasteiger partial charge is 0.270 e. The van der Waals surface area contributed by atoms with Crippen LogP contribution in [0.15, 0.2) is 53.4 Å². The quantitative estimate of drug-likeness (QED) is 0.261. The summed E-state index contributed by atoms with van der Waals surface area (Å²) in [7, 11) is 1.59. The molecule has 2 aromatic rings. The molecule has 0 aliphatic carbocycles. The number of carbonyl (C=O) groups is 1. The van der Waals surface area contributed by atoms with Crippen LogP contribution in [-0.2, 0) is 0 Å². The van der Waals surface area contributed by atoms with Crippen LogP contribution in [0.25, 0.3) is 6.08 Å². The summed E-state index contributed by atoms with van der Waals surface area (Å²) in [6.45, 7) is 0. The van der Waals surface area contributed by atoms with E-state index < -0.39 is 4.92 Å². The largest absolute Gasteiger partial charge is 0.496 e. The van der Waals surface area contributed by atoms with Crippen molar-refractivity contribution in [1.29, 1.82) is 0 Å². The van der Waals surface area contributed by atoms with Gasteiger partial charge in [0.25, 0.3) is 5.69 Å². The van der Waals surface area contributed by atoms with Gasteiger partial charge in [-0.2, -0.15) is 0 Å². The number of benzene rings is 2. The van der Waals surface area contributed by atoms with Crippen LogP contribution >= 0.6 is 11.8 Å². The maximum absolute atomic E-state index is 12.1. The number of methoxy groups -OCH3 is 1. The zero-order chi connectivity index (χ0) is 16.8. The van der Waals surface area contributed by atoms with Crippen molar-refractivity contribution < 1.29 is 14.5 Å². The lowest BCUT2D eigenvalue weighted by Gasteiger charge is -2.06. The Kier molecular flexibility index (Phi) is 5.54. The molecular weight excluding hydrogens is 314 g/mol. The number of nitro groups is 1. The van der Waals surface area contributed by atoms with Gasteiger partial charge in [0.2, 0.25) is 0 Å². The second-order valence-electron chi connectivity index (χ2n) is 4.62. The second kappa shape index (κ2) is 7.60. The molecule has 0 fully saturated rings. The SMILES string of the molecule is COc1cc(/C=C/C(=O)c2cccc([N+](=O)[O-])c2)ccc1SC. The van der Waals surface area contributed by atoms with Crippen molar-refractivity contribution in [3.63, 3.8) is 0 Å².